The average molecular weight is 280 g/mol. The van der Waals surface area contributed by atoms with Gasteiger partial charge in [0, 0.05) is 25.3 Å². The van der Waals surface area contributed by atoms with E-state index in [2.05, 4.69) is 4.74 Å². The number of methoxy groups -OCH3 is 1. The first-order valence-corrected chi connectivity index (χ1v) is 6.04. The van der Waals surface area contributed by atoms with Gasteiger partial charge in [-0.3, -0.25) is 9.59 Å². The van der Waals surface area contributed by atoms with Crippen molar-refractivity contribution >= 4 is 17.6 Å². The van der Waals surface area contributed by atoms with Gasteiger partial charge in [-0.15, -0.1) is 0 Å². The van der Waals surface area contributed by atoms with Crippen molar-refractivity contribution in [2.45, 2.75) is 6.42 Å². The molecular weight excluding hydrogens is 264 g/mol. The van der Waals surface area contributed by atoms with Gasteiger partial charge in [0.2, 0.25) is 6.79 Å². The lowest BCUT2D eigenvalue weighted by atomic mass is 10.1. The summed E-state index contributed by atoms with van der Waals surface area (Å²) in [7, 11) is 2.90. The standard InChI is InChI=1S/C13H16N2O5/c1-15(4-3-12(16)18-2)13(17)8-5-10-11(6-9(8)14)20-7-19-10/h5-6H,3-4,7,14H2,1-2H3. The summed E-state index contributed by atoms with van der Waals surface area (Å²) in [6.45, 7) is 0.365. The summed E-state index contributed by atoms with van der Waals surface area (Å²) < 4.78 is 14.9. The summed E-state index contributed by atoms with van der Waals surface area (Å²) in [5, 5.41) is 0. The normalized spacial score (nSPS) is 12.1. The minimum absolute atomic E-state index is 0.116. The van der Waals surface area contributed by atoms with Crippen LogP contribution in [0.15, 0.2) is 12.1 Å². The van der Waals surface area contributed by atoms with Crippen molar-refractivity contribution in [3.05, 3.63) is 17.7 Å². The second kappa shape index (κ2) is 5.68. The first-order valence-electron chi connectivity index (χ1n) is 6.04. The second-order valence-electron chi connectivity index (χ2n) is 4.35. The summed E-state index contributed by atoms with van der Waals surface area (Å²) >= 11 is 0. The first-order chi connectivity index (χ1) is 9.52. The third-order valence-electron chi connectivity index (χ3n) is 3.00. The maximum atomic E-state index is 12.3. The molecule has 1 aliphatic heterocycles. The number of ether oxygens (including phenoxy) is 3. The van der Waals surface area contributed by atoms with Crippen LogP contribution >= 0.6 is 0 Å². The Kier molecular flexibility index (Phi) is 3.97. The summed E-state index contributed by atoms with van der Waals surface area (Å²) in [6.07, 6.45) is 0.128. The fourth-order valence-electron chi connectivity index (χ4n) is 1.81. The Bertz CT molecular complexity index is 544. The zero-order valence-corrected chi connectivity index (χ0v) is 11.3. The number of nitrogen functional groups attached to an aromatic ring is 1. The molecule has 0 spiro atoms. The quantitative estimate of drug-likeness (QED) is 0.642. The highest BCUT2D eigenvalue weighted by atomic mass is 16.7. The molecule has 20 heavy (non-hydrogen) atoms. The molecule has 7 nitrogen and oxygen atoms in total. The van der Waals surface area contributed by atoms with Gasteiger partial charge in [-0.25, -0.2) is 0 Å². The molecule has 0 bridgehead atoms. The Morgan fingerprint density at radius 1 is 1.35 bits per heavy atom. The molecule has 2 rings (SSSR count). The maximum absolute atomic E-state index is 12.3. The molecule has 0 fully saturated rings. The third kappa shape index (κ3) is 2.76. The number of benzene rings is 1. The van der Waals surface area contributed by atoms with E-state index in [9.17, 15) is 9.59 Å². The number of nitrogens with two attached hydrogens (primary N) is 1. The van der Waals surface area contributed by atoms with Crippen molar-refractivity contribution in [3.63, 3.8) is 0 Å². The van der Waals surface area contributed by atoms with Crippen LogP contribution in [-0.2, 0) is 9.53 Å². The number of hydrogen-bond donors (Lipinski definition) is 1. The average Bonchev–Trinajstić information content (AvgIpc) is 2.89. The Morgan fingerprint density at radius 2 is 2.00 bits per heavy atom. The van der Waals surface area contributed by atoms with Gasteiger partial charge in [0.1, 0.15) is 0 Å². The van der Waals surface area contributed by atoms with Crippen LogP contribution < -0.4 is 15.2 Å². The number of nitrogens with zero attached hydrogens (tertiary/aromatic N) is 1. The minimum atomic E-state index is -0.372. The Hall–Kier alpha value is -2.44. The molecule has 108 valence electrons. The number of fused-ring (bicyclic) bond motifs is 1. The molecule has 1 aliphatic rings. The Morgan fingerprint density at radius 3 is 2.65 bits per heavy atom. The van der Waals surface area contributed by atoms with Crippen molar-refractivity contribution in [1.29, 1.82) is 0 Å². The van der Waals surface area contributed by atoms with E-state index in [-0.39, 0.29) is 31.6 Å². The van der Waals surface area contributed by atoms with E-state index in [0.29, 0.717) is 22.7 Å². The lowest BCUT2D eigenvalue weighted by Gasteiger charge is -2.17. The number of carbonyl (C=O) groups is 2. The molecule has 0 aromatic heterocycles. The lowest BCUT2D eigenvalue weighted by molar-refractivity contribution is -0.140. The number of carbonyl (C=O) groups excluding carboxylic acids is 2. The topological polar surface area (TPSA) is 91.1 Å². The highest BCUT2D eigenvalue weighted by Crippen LogP contribution is 2.36. The highest BCUT2D eigenvalue weighted by molar-refractivity contribution is 6.00. The van der Waals surface area contributed by atoms with Crippen molar-refractivity contribution in [2.75, 3.05) is 33.2 Å². The molecule has 0 aliphatic carbocycles. The van der Waals surface area contributed by atoms with E-state index in [1.807, 2.05) is 0 Å². The largest absolute Gasteiger partial charge is 0.469 e. The van der Waals surface area contributed by atoms with Crippen LogP contribution in [0.2, 0.25) is 0 Å². The summed E-state index contributed by atoms with van der Waals surface area (Å²) in [6, 6.07) is 3.11. The maximum Gasteiger partial charge on any atom is 0.307 e. The number of amides is 1. The number of esters is 1. The molecule has 0 atom stereocenters. The molecule has 2 N–H and O–H groups in total. The van der Waals surface area contributed by atoms with Gasteiger partial charge in [0.15, 0.2) is 11.5 Å². The highest BCUT2D eigenvalue weighted by Gasteiger charge is 2.22. The molecule has 0 unspecified atom stereocenters. The monoisotopic (exact) mass is 280 g/mol. The molecule has 7 heteroatoms. The molecule has 1 aromatic rings. The predicted molar refractivity (Wildman–Crippen MR) is 70.6 cm³/mol. The van der Waals surface area contributed by atoms with Crippen LogP contribution in [0.4, 0.5) is 5.69 Å². The van der Waals surface area contributed by atoms with E-state index in [1.165, 1.54) is 12.0 Å². The fraction of sp³-hybridized carbons (Fsp3) is 0.385. The Balaban J connectivity index is 2.10. The van der Waals surface area contributed by atoms with Crippen molar-refractivity contribution in [1.82, 2.24) is 4.90 Å². The van der Waals surface area contributed by atoms with Crippen molar-refractivity contribution in [3.8, 4) is 11.5 Å². The summed E-state index contributed by atoms with van der Waals surface area (Å²) in [4.78, 5) is 24.7. The van der Waals surface area contributed by atoms with Gasteiger partial charge in [0.25, 0.3) is 5.91 Å². The van der Waals surface area contributed by atoms with E-state index >= 15 is 0 Å². The van der Waals surface area contributed by atoms with Crippen LogP contribution in [0.25, 0.3) is 0 Å². The third-order valence-corrected chi connectivity index (χ3v) is 3.00. The summed E-state index contributed by atoms with van der Waals surface area (Å²) in [5.74, 6) is 0.355. The van der Waals surface area contributed by atoms with Crippen LogP contribution in [0, 0.1) is 0 Å². The minimum Gasteiger partial charge on any atom is -0.469 e. The Labute approximate surface area is 116 Å². The van der Waals surface area contributed by atoms with Crippen LogP contribution in [0.3, 0.4) is 0 Å². The second-order valence-corrected chi connectivity index (χ2v) is 4.35. The van der Waals surface area contributed by atoms with E-state index in [4.69, 9.17) is 15.2 Å². The first kappa shape index (κ1) is 14.0. The number of anilines is 1. The SMILES string of the molecule is COC(=O)CCN(C)C(=O)c1cc2c(cc1N)OCO2. The van der Waals surface area contributed by atoms with Gasteiger partial charge in [0.05, 0.1) is 19.1 Å². The van der Waals surface area contributed by atoms with E-state index in [1.54, 1.807) is 19.2 Å². The van der Waals surface area contributed by atoms with Crippen LogP contribution in [0.1, 0.15) is 16.8 Å². The molecule has 0 saturated carbocycles. The van der Waals surface area contributed by atoms with Gasteiger partial charge in [-0.2, -0.15) is 0 Å². The van der Waals surface area contributed by atoms with Crippen LogP contribution in [-0.4, -0.2) is 44.3 Å². The lowest BCUT2D eigenvalue weighted by Crippen LogP contribution is -2.29. The molecular formula is C13H16N2O5. The molecule has 1 aromatic carbocycles. The smallest absolute Gasteiger partial charge is 0.307 e. The zero-order valence-electron chi connectivity index (χ0n) is 11.3. The van der Waals surface area contributed by atoms with Crippen molar-refractivity contribution in [2.24, 2.45) is 0 Å². The van der Waals surface area contributed by atoms with E-state index in [0.717, 1.165) is 0 Å². The van der Waals surface area contributed by atoms with Gasteiger partial charge in [-0.1, -0.05) is 0 Å². The number of rotatable bonds is 4. The molecule has 1 amide bonds. The molecule has 0 radical (unpaired) electrons. The van der Waals surface area contributed by atoms with Gasteiger partial charge in [-0.05, 0) is 6.07 Å². The van der Waals surface area contributed by atoms with Crippen LogP contribution in [0.5, 0.6) is 11.5 Å². The van der Waals surface area contributed by atoms with E-state index < -0.39 is 0 Å². The van der Waals surface area contributed by atoms with Gasteiger partial charge < -0.3 is 24.8 Å². The predicted octanol–water partition coefficient (Wildman–Crippen LogP) is 0.633. The molecule has 1 heterocycles. The van der Waals surface area contributed by atoms with Crippen molar-refractivity contribution < 1.29 is 23.8 Å². The molecule has 0 saturated heterocycles. The summed E-state index contributed by atoms with van der Waals surface area (Å²) in [5.41, 5.74) is 6.47. The van der Waals surface area contributed by atoms with Gasteiger partial charge >= 0.3 is 5.97 Å². The zero-order chi connectivity index (χ0) is 14.7. The fourth-order valence-corrected chi connectivity index (χ4v) is 1.81. The number of hydrogen-bond acceptors (Lipinski definition) is 6.